The number of nitrogens with zero attached hydrogens (tertiary/aromatic N) is 2. The van der Waals surface area contributed by atoms with E-state index in [1.165, 1.54) is 29.2 Å². The number of rotatable bonds is 5. The minimum Gasteiger partial charge on any atom is -0.310 e. The summed E-state index contributed by atoms with van der Waals surface area (Å²) in [7, 11) is 1.70. The molecule has 2 aromatic rings. The fourth-order valence-corrected chi connectivity index (χ4v) is 3.12. The molecule has 0 spiro atoms. The first-order valence-corrected chi connectivity index (χ1v) is 7.64. The third kappa shape index (κ3) is 2.92. The van der Waals surface area contributed by atoms with E-state index >= 15 is 0 Å². The van der Waals surface area contributed by atoms with Crippen molar-refractivity contribution in [2.24, 2.45) is 7.05 Å². The Balaban J connectivity index is 1.85. The average Bonchev–Trinajstić information content (AvgIpc) is 3.20. The summed E-state index contributed by atoms with van der Waals surface area (Å²) in [5.74, 6) is 0. The first-order valence-electron chi connectivity index (χ1n) is 6.45. The minimum absolute atomic E-state index is 0.216. The highest BCUT2D eigenvalue weighted by atomic mass is 35.5. The van der Waals surface area contributed by atoms with E-state index in [1.807, 2.05) is 18.2 Å². The van der Waals surface area contributed by atoms with Crippen LogP contribution in [-0.4, -0.2) is 20.8 Å². The maximum Gasteiger partial charge on any atom is 0.343 e. The highest BCUT2D eigenvalue weighted by molar-refractivity contribution is 7.99. The molecule has 7 heteroatoms. The Morgan fingerprint density at radius 3 is 3.00 bits per heavy atom. The van der Waals surface area contributed by atoms with Crippen molar-refractivity contribution in [1.29, 1.82) is 0 Å². The number of halogens is 1. The van der Waals surface area contributed by atoms with Gasteiger partial charge in [0.15, 0.2) is 5.16 Å². The van der Waals surface area contributed by atoms with Crippen LogP contribution in [0.2, 0.25) is 5.02 Å². The van der Waals surface area contributed by atoms with Crippen molar-refractivity contribution in [2.45, 2.75) is 35.5 Å². The number of hydrogen-bond donors (Lipinski definition) is 2. The first-order chi connectivity index (χ1) is 9.65. The van der Waals surface area contributed by atoms with Gasteiger partial charge in [0.2, 0.25) is 0 Å². The van der Waals surface area contributed by atoms with Gasteiger partial charge in [0.05, 0.1) is 0 Å². The summed E-state index contributed by atoms with van der Waals surface area (Å²) < 4.78 is 1.49. The molecule has 106 valence electrons. The van der Waals surface area contributed by atoms with Gasteiger partial charge in [0.1, 0.15) is 0 Å². The summed E-state index contributed by atoms with van der Waals surface area (Å²) in [4.78, 5) is 12.4. The molecule has 0 saturated heterocycles. The third-order valence-electron chi connectivity index (χ3n) is 3.26. The topological polar surface area (TPSA) is 62.7 Å². The molecular weight excluding hydrogens is 296 g/mol. The lowest BCUT2D eigenvalue weighted by Crippen LogP contribution is -2.16. The zero-order valence-electron chi connectivity index (χ0n) is 11.0. The molecule has 1 aromatic heterocycles. The number of H-pyrrole nitrogens is 1. The van der Waals surface area contributed by atoms with Crippen molar-refractivity contribution in [3.05, 3.63) is 39.3 Å². The second-order valence-corrected chi connectivity index (χ2v) is 6.26. The molecule has 0 radical (unpaired) electrons. The molecule has 1 aliphatic carbocycles. The largest absolute Gasteiger partial charge is 0.343 e. The molecule has 0 amide bonds. The SMILES string of the molecule is Cn1c(Sc2cccc(Cl)c2CNC2CC2)n[nH]c1=O. The molecule has 1 aromatic carbocycles. The van der Waals surface area contributed by atoms with Gasteiger partial charge in [0.25, 0.3) is 0 Å². The molecule has 3 rings (SSSR count). The second kappa shape index (κ2) is 5.63. The van der Waals surface area contributed by atoms with E-state index in [4.69, 9.17) is 11.6 Å². The van der Waals surface area contributed by atoms with Crippen molar-refractivity contribution in [3.63, 3.8) is 0 Å². The zero-order valence-corrected chi connectivity index (χ0v) is 12.6. The van der Waals surface area contributed by atoms with Gasteiger partial charge in [-0.2, -0.15) is 0 Å². The van der Waals surface area contributed by atoms with Crippen molar-refractivity contribution >= 4 is 23.4 Å². The van der Waals surface area contributed by atoms with Crippen LogP contribution in [0.1, 0.15) is 18.4 Å². The summed E-state index contributed by atoms with van der Waals surface area (Å²) in [6, 6.07) is 6.42. The van der Waals surface area contributed by atoms with Crippen molar-refractivity contribution < 1.29 is 0 Å². The highest BCUT2D eigenvalue weighted by Crippen LogP contribution is 2.32. The molecule has 1 aliphatic rings. The van der Waals surface area contributed by atoms with E-state index in [0.717, 1.165) is 22.0 Å². The van der Waals surface area contributed by atoms with Crippen LogP contribution < -0.4 is 11.0 Å². The fraction of sp³-hybridized carbons (Fsp3) is 0.385. The Morgan fingerprint density at radius 1 is 1.55 bits per heavy atom. The smallest absolute Gasteiger partial charge is 0.310 e. The van der Waals surface area contributed by atoms with Crippen LogP contribution in [0, 0.1) is 0 Å². The molecule has 2 N–H and O–H groups in total. The highest BCUT2D eigenvalue weighted by Gasteiger charge is 2.21. The number of aromatic nitrogens is 3. The lowest BCUT2D eigenvalue weighted by molar-refractivity contribution is 0.680. The zero-order chi connectivity index (χ0) is 14.1. The molecule has 20 heavy (non-hydrogen) atoms. The Morgan fingerprint density at radius 2 is 2.35 bits per heavy atom. The van der Waals surface area contributed by atoms with Gasteiger partial charge in [-0.1, -0.05) is 17.7 Å². The molecule has 1 heterocycles. The molecular formula is C13H15ClN4OS. The van der Waals surface area contributed by atoms with E-state index in [0.29, 0.717) is 11.2 Å². The Labute approximate surface area is 125 Å². The van der Waals surface area contributed by atoms with Crippen LogP contribution in [0.15, 0.2) is 33.0 Å². The quantitative estimate of drug-likeness (QED) is 0.888. The van der Waals surface area contributed by atoms with E-state index in [2.05, 4.69) is 15.5 Å². The van der Waals surface area contributed by atoms with Gasteiger partial charge in [-0.05, 0) is 42.3 Å². The predicted molar refractivity (Wildman–Crippen MR) is 79.3 cm³/mol. The predicted octanol–water partition coefficient (Wildman–Crippen LogP) is 2.16. The maximum atomic E-state index is 11.4. The Kier molecular flexibility index (Phi) is 3.87. The van der Waals surface area contributed by atoms with E-state index in [9.17, 15) is 4.79 Å². The van der Waals surface area contributed by atoms with Gasteiger partial charge in [0, 0.05) is 29.6 Å². The van der Waals surface area contributed by atoms with E-state index in [-0.39, 0.29) is 5.69 Å². The van der Waals surface area contributed by atoms with Crippen molar-refractivity contribution in [2.75, 3.05) is 0 Å². The first kappa shape index (κ1) is 13.7. The molecule has 5 nitrogen and oxygen atoms in total. The van der Waals surface area contributed by atoms with E-state index < -0.39 is 0 Å². The van der Waals surface area contributed by atoms with Crippen LogP contribution in [0.25, 0.3) is 0 Å². The van der Waals surface area contributed by atoms with Crippen LogP contribution in [0.4, 0.5) is 0 Å². The lowest BCUT2D eigenvalue weighted by Gasteiger charge is -2.11. The third-order valence-corrected chi connectivity index (χ3v) is 4.76. The standard InChI is InChI=1S/C13H15ClN4OS/c1-18-12(19)16-17-13(18)20-11-4-2-3-10(14)9(11)7-15-8-5-6-8/h2-4,8,15H,5-7H2,1H3,(H,16,19). The van der Waals surface area contributed by atoms with Gasteiger partial charge >= 0.3 is 5.69 Å². The normalized spacial score (nSPS) is 14.7. The van der Waals surface area contributed by atoms with E-state index in [1.54, 1.807) is 7.05 Å². The molecule has 0 unspecified atom stereocenters. The van der Waals surface area contributed by atoms with Gasteiger partial charge in [-0.3, -0.25) is 4.57 Å². The van der Waals surface area contributed by atoms with Crippen LogP contribution >= 0.6 is 23.4 Å². The van der Waals surface area contributed by atoms with Crippen LogP contribution in [0.5, 0.6) is 0 Å². The average molecular weight is 311 g/mol. The summed E-state index contributed by atoms with van der Waals surface area (Å²) in [5, 5.41) is 11.3. The minimum atomic E-state index is -0.216. The molecule has 0 aliphatic heterocycles. The summed E-state index contributed by atoms with van der Waals surface area (Å²) >= 11 is 7.74. The monoisotopic (exact) mass is 310 g/mol. The number of hydrogen-bond acceptors (Lipinski definition) is 4. The molecule has 1 fully saturated rings. The summed E-state index contributed by atoms with van der Waals surface area (Å²) in [6.07, 6.45) is 2.47. The summed E-state index contributed by atoms with van der Waals surface area (Å²) in [5.41, 5.74) is 0.841. The van der Waals surface area contributed by atoms with Gasteiger partial charge in [-0.15, -0.1) is 5.10 Å². The fourth-order valence-electron chi connectivity index (χ4n) is 1.86. The van der Waals surface area contributed by atoms with Crippen molar-refractivity contribution in [3.8, 4) is 0 Å². The van der Waals surface area contributed by atoms with Crippen LogP contribution in [-0.2, 0) is 13.6 Å². The Bertz CT molecular complexity index is 677. The van der Waals surface area contributed by atoms with Gasteiger partial charge in [-0.25, -0.2) is 9.89 Å². The molecule has 1 saturated carbocycles. The maximum absolute atomic E-state index is 11.4. The number of benzene rings is 1. The molecule has 0 atom stereocenters. The lowest BCUT2D eigenvalue weighted by atomic mass is 10.2. The van der Waals surface area contributed by atoms with Crippen molar-refractivity contribution in [1.82, 2.24) is 20.1 Å². The second-order valence-electron chi connectivity index (χ2n) is 4.84. The number of nitrogens with one attached hydrogen (secondary N) is 2. The van der Waals surface area contributed by atoms with Crippen LogP contribution in [0.3, 0.4) is 0 Å². The Hall–Kier alpha value is -1.24. The summed E-state index contributed by atoms with van der Waals surface area (Å²) in [6.45, 7) is 0.741. The molecule has 0 bridgehead atoms. The van der Waals surface area contributed by atoms with Gasteiger partial charge < -0.3 is 5.32 Å². The number of aromatic amines is 1.